The van der Waals surface area contributed by atoms with Gasteiger partial charge in [0.1, 0.15) is 11.7 Å². The third kappa shape index (κ3) is 5.70. The van der Waals surface area contributed by atoms with Gasteiger partial charge in [0.25, 0.3) is 5.91 Å². The predicted molar refractivity (Wildman–Crippen MR) is 137 cm³/mol. The van der Waals surface area contributed by atoms with Crippen LogP contribution in [0, 0.1) is 19.8 Å². The average molecular weight is 475 g/mol. The molecule has 35 heavy (non-hydrogen) atoms. The van der Waals surface area contributed by atoms with E-state index in [0.717, 1.165) is 48.2 Å². The Labute approximate surface area is 206 Å². The molecule has 1 aliphatic rings. The summed E-state index contributed by atoms with van der Waals surface area (Å²) in [5.41, 5.74) is 5.17. The van der Waals surface area contributed by atoms with E-state index in [2.05, 4.69) is 32.5 Å². The topological polar surface area (TPSA) is 105 Å². The molecule has 1 saturated carbocycles. The molecular weight excluding hydrogens is 440 g/mol. The summed E-state index contributed by atoms with van der Waals surface area (Å²) in [6, 6.07) is 8.79. The number of nitrogens with one attached hydrogen (secondary N) is 3. The number of rotatable bonds is 8. The van der Waals surface area contributed by atoms with Gasteiger partial charge < -0.3 is 10.6 Å². The maximum absolute atomic E-state index is 13.5. The second-order valence-corrected chi connectivity index (χ2v) is 9.27. The van der Waals surface area contributed by atoms with E-state index in [0.29, 0.717) is 17.9 Å². The molecule has 184 valence electrons. The van der Waals surface area contributed by atoms with Crippen molar-refractivity contribution in [3.63, 3.8) is 0 Å². The number of aromatic amines is 1. The number of H-pyrrole nitrogens is 1. The number of anilines is 1. The molecule has 2 heterocycles. The lowest BCUT2D eigenvalue weighted by atomic mass is 9.91. The van der Waals surface area contributed by atoms with Crippen LogP contribution in [-0.2, 0) is 11.3 Å². The van der Waals surface area contributed by atoms with Gasteiger partial charge in [0.2, 0.25) is 5.91 Å². The molecule has 0 saturated heterocycles. The highest BCUT2D eigenvalue weighted by molar-refractivity contribution is 6.00. The number of benzene rings is 1. The number of carbonyl (C=O) groups excluding carboxylic acids is 2. The molecule has 1 aliphatic carbocycles. The Kier molecular flexibility index (Phi) is 7.80. The lowest BCUT2D eigenvalue weighted by molar-refractivity contribution is -0.119. The molecule has 8 heteroatoms. The van der Waals surface area contributed by atoms with Crippen molar-refractivity contribution in [1.82, 2.24) is 25.3 Å². The number of allylic oxidation sites excluding steroid dienone is 1. The highest BCUT2D eigenvalue weighted by Gasteiger charge is 2.31. The number of nitrogens with zero attached hydrogens (tertiary/aromatic N) is 3. The van der Waals surface area contributed by atoms with Crippen molar-refractivity contribution in [3.8, 4) is 11.1 Å². The second-order valence-electron chi connectivity index (χ2n) is 9.27. The molecule has 8 nitrogen and oxygen atoms in total. The minimum atomic E-state index is -0.620. The first-order chi connectivity index (χ1) is 17.0. The molecule has 3 N–H and O–H groups in total. The largest absolute Gasteiger partial charge is 0.339 e. The molecule has 2 aromatic heterocycles. The molecule has 1 atom stereocenters. The smallest absolute Gasteiger partial charge is 0.270 e. The standard InChI is InChI=1S/C27H34N6O2/c1-4-17-33-23(15-16-28-33)26(34)30-25(21-9-7-5-6-8-10-21)27(35)29-22-13-11-20(12-14-22)24-18(2)31-32-19(24)3/h4,11-16,21,25H,1,5-10,17H2,2-3H3,(H,29,35)(H,30,34)(H,31,32)/t25-/m0/s1. The average Bonchev–Trinajstić information content (AvgIpc) is 3.34. The van der Waals surface area contributed by atoms with E-state index in [1.54, 1.807) is 23.0 Å². The third-order valence-electron chi connectivity index (χ3n) is 6.76. The van der Waals surface area contributed by atoms with Crippen molar-refractivity contribution in [2.45, 2.75) is 65.0 Å². The minimum Gasteiger partial charge on any atom is -0.339 e. The first kappa shape index (κ1) is 24.4. The van der Waals surface area contributed by atoms with Crippen molar-refractivity contribution >= 4 is 17.5 Å². The highest BCUT2D eigenvalue weighted by atomic mass is 16.2. The minimum absolute atomic E-state index is 0.0905. The number of carbonyl (C=O) groups is 2. The van der Waals surface area contributed by atoms with Gasteiger partial charge in [-0.1, -0.05) is 43.9 Å². The molecule has 1 fully saturated rings. The molecule has 0 radical (unpaired) electrons. The van der Waals surface area contributed by atoms with Crippen LogP contribution in [0.25, 0.3) is 11.1 Å². The summed E-state index contributed by atoms with van der Waals surface area (Å²) in [6.07, 6.45) is 9.58. The predicted octanol–water partition coefficient (Wildman–Crippen LogP) is 4.78. The fourth-order valence-corrected chi connectivity index (χ4v) is 4.97. The van der Waals surface area contributed by atoms with Gasteiger partial charge in [-0.05, 0) is 56.4 Å². The molecule has 2 amide bonds. The van der Waals surface area contributed by atoms with E-state index in [-0.39, 0.29) is 17.7 Å². The van der Waals surface area contributed by atoms with Gasteiger partial charge in [-0.2, -0.15) is 10.2 Å². The van der Waals surface area contributed by atoms with Gasteiger partial charge >= 0.3 is 0 Å². The van der Waals surface area contributed by atoms with Crippen LogP contribution >= 0.6 is 0 Å². The zero-order chi connectivity index (χ0) is 24.8. The summed E-state index contributed by atoms with van der Waals surface area (Å²) in [6.45, 7) is 8.11. The maximum atomic E-state index is 13.5. The van der Waals surface area contributed by atoms with Crippen LogP contribution in [0.2, 0.25) is 0 Å². The van der Waals surface area contributed by atoms with Gasteiger partial charge in [-0.25, -0.2) is 0 Å². The van der Waals surface area contributed by atoms with Crippen LogP contribution in [0.15, 0.2) is 49.2 Å². The van der Waals surface area contributed by atoms with Gasteiger partial charge in [0.05, 0.1) is 12.2 Å². The van der Waals surface area contributed by atoms with E-state index in [1.165, 1.54) is 12.8 Å². The van der Waals surface area contributed by atoms with Crippen molar-refractivity contribution in [2.75, 3.05) is 5.32 Å². The maximum Gasteiger partial charge on any atom is 0.270 e. The van der Waals surface area contributed by atoms with E-state index in [1.807, 2.05) is 38.1 Å². The first-order valence-electron chi connectivity index (χ1n) is 12.3. The van der Waals surface area contributed by atoms with Gasteiger partial charge in [0, 0.05) is 23.1 Å². The fraction of sp³-hybridized carbons (Fsp3) is 0.407. The summed E-state index contributed by atoms with van der Waals surface area (Å²) in [5.74, 6) is -0.397. The number of aromatic nitrogens is 4. The van der Waals surface area contributed by atoms with Crippen LogP contribution in [0.3, 0.4) is 0 Å². The Balaban J connectivity index is 1.52. The van der Waals surface area contributed by atoms with E-state index >= 15 is 0 Å². The summed E-state index contributed by atoms with van der Waals surface area (Å²) < 4.78 is 1.59. The number of hydrogen-bond donors (Lipinski definition) is 3. The van der Waals surface area contributed by atoms with Crippen LogP contribution < -0.4 is 10.6 Å². The molecular formula is C27H34N6O2. The van der Waals surface area contributed by atoms with Crippen LogP contribution in [-0.4, -0.2) is 37.8 Å². The summed E-state index contributed by atoms with van der Waals surface area (Å²) in [7, 11) is 0. The van der Waals surface area contributed by atoms with E-state index < -0.39 is 6.04 Å². The molecule has 0 aliphatic heterocycles. The summed E-state index contributed by atoms with van der Waals surface area (Å²) >= 11 is 0. The van der Waals surface area contributed by atoms with Crippen LogP contribution in [0.5, 0.6) is 0 Å². The quantitative estimate of drug-likeness (QED) is 0.323. The zero-order valence-electron chi connectivity index (χ0n) is 20.5. The Morgan fingerprint density at radius 2 is 1.86 bits per heavy atom. The Morgan fingerprint density at radius 3 is 2.49 bits per heavy atom. The van der Waals surface area contributed by atoms with Crippen LogP contribution in [0.1, 0.15) is 60.4 Å². The van der Waals surface area contributed by atoms with Gasteiger partial charge in [-0.15, -0.1) is 6.58 Å². The first-order valence-corrected chi connectivity index (χ1v) is 12.3. The van der Waals surface area contributed by atoms with E-state index in [4.69, 9.17) is 0 Å². The molecule has 3 aromatic rings. The van der Waals surface area contributed by atoms with Crippen molar-refractivity contribution < 1.29 is 9.59 Å². The van der Waals surface area contributed by atoms with Crippen molar-refractivity contribution in [3.05, 3.63) is 66.3 Å². The monoisotopic (exact) mass is 474 g/mol. The number of amides is 2. The fourth-order valence-electron chi connectivity index (χ4n) is 4.97. The van der Waals surface area contributed by atoms with Crippen molar-refractivity contribution in [2.24, 2.45) is 5.92 Å². The Hall–Kier alpha value is -3.68. The molecule has 0 unspecified atom stereocenters. The van der Waals surface area contributed by atoms with E-state index in [9.17, 15) is 9.59 Å². The number of hydrogen-bond acceptors (Lipinski definition) is 4. The highest BCUT2D eigenvalue weighted by Crippen LogP contribution is 2.28. The number of aryl methyl sites for hydroxylation is 2. The zero-order valence-corrected chi connectivity index (χ0v) is 20.5. The molecule has 0 bridgehead atoms. The summed E-state index contributed by atoms with van der Waals surface area (Å²) in [4.78, 5) is 26.6. The van der Waals surface area contributed by atoms with Crippen molar-refractivity contribution in [1.29, 1.82) is 0 Å². The Morgan fingerprint density at radius 1 is 1.14 bits per heavy atom. The third-order valence-corrected chi connectivity index (χ3v) is 6.76. The van der Waals surface area contributed by atoms with Gasteiger partial charge in [-0.3, -0.25) is 19.4 Å². The summed E-state index contributed by atoms with van der Waals surface area (Å²) in [5, 5.41) is 17.5. The molecule has 1 aromatic carbocycles. The Bertz CT molecular complexity index is 1150. The SMILES string of the molecule is C=CCn1nccc1C(=O)N[C@H](C(=O)Nc1ccc(-c2c(C)n[nH]c2C)cc1)C1CCCCCC1. The lowest BCUT2D eigenvalue weighted by Gasteiger charge is -2.26. The molecule has 0 spiro atoms. The van der Waals surface area contributed by atoms with Gasteiger partial charge in [0.15, 0.2) is 0 Å². The van der Waals surface area contributed by atoms with Crippen LogP contribution in [0.4, 0.5) is 5.69 Å². The lowest BCUT2D eigenvalue weighted by Crippen LogP contribution is -2.49. The second kappa shape index (κ2) is 11.2. The normalized spacial score (nSPS) is 15.3. The molecule has 4 rings (SSSR count).